The van der Waals surface area contributed by atoms with Gasteiger partial charge >= 0.3 is 5.97 Å². The van der Waals surface area contributed by atoms with Crippen LogP contribution in [0.3, 0.4) is 0 Å². The average molecular weight is 478 g/mol. The number of hydrogen-bond acceptors (Lipinski definition) is 7. The lowest BCUT2D eigenvalue weighted by atomic mass is 9.66. The Labute approximate surface area is 205 Å². The summed E-state index contributed by atoms with van der Waals surface area (Å²) in [5.41, 5.74) is 3.54. The topological polar surface area (TPSA) is 83.4 Å². The molecule has 2 aromatic rings. The van der Waals surface area contributed by atoms with Crippen LogP contribution in [0.25, 0.3) is 0 Å². The Morgan fingerprint density at radius 2 is 1.71 bits per heavy atom. The Morgan fingerprint density at radius 1 is 0.971 bits per heavy atom. The van der Waals surface area contributed by atoms with Crippen molar-refractivity contribution in [3.05, 3.63) is 64.9 Å². The molecule has 0 amide bonds. The van der Waals surface area contributed by atoms with E-state index in [4.69, 9.17) is 23.9 Å². The number of esters is 1. The Morgan fingerprint density at radius 3 is 2.40 bits per heavy atom. The average Bonchev–Trinajstić information content (AvgIpc) is 2.87. The molecule has 0 saturated heterocycles. The Kier molecular flexibility index (Phi) is 7.24. The lowest BCUT2D eigenvalue weighted by Crippen LogP contribution is -2.41. The highest BCUT2D eigenvalue weighted by atomic mass is 16.5. The molecule has 0 aromatic heterocycles. The summed E-state index contributed by atoms with van der Waals surface area (Å²) in [6, 6.07) is 13.3. The van der Waals surface area contributed by atoms with Gasteiger partial charge in [0.1, 0.15) is 11.5 Å². The van der Waals surface area contributed by atoms with Crippen molar-refractivity contribution in [3.63, 3.8) is 0 Å². The van der Waals surface area contributed by atoms with Crippen LogP contribution in [0.5, 0.6) is 17.2 Å². The van der Waals surface area contributed by atoms with Crippen molar-refractivity contribution in [1.29, 1.82) is 0 Å². The van der Waals surface area contributed by atoms with Gasteiger partial charge in [-0.3, -0.25) is 9.79 Å². The molecule has 0 radical (unpaired) electrons. The van der Waals surface area contributed by atoms with E-state index in [0.717, 1.165) is 16.8 Å². The number of hydrogen-bond donors (Lipinski definition) is 0. The van der Waals surface area contributed by atoms with Crippen LogP contribution in [0, 0.1) is 5.92 Å². The van der Waals surface area contributed by atoms with Crippen LogP contribution in [-0.2, 0) is 14.3 Å². The summed E-state index contributed by atoms with van der Waals surface area (Å²) in [6.07, 6.45) is 0.935. The largest absolute Gasteiger partial charge is 0.494 e. The highest BCUT2D eigenvalue weighted by molar-refractivity contribution is 6.12. The van der Waals surface area contributed by atoms with Gasteiger partial charge < -0.3 is 18.9 Å². The number of carbonyl (C=O) groups excluding carboxylic acids is 2. The van der Waals surface area contributed by atoms with Crippen molar-refractivity contribution >= 4 is 17.5 Å². The second-order valence-electron chi connectivity index (χ2n) is 8.71. The van der Waals surface area contributed by atoms with Crippen molar-refractivity contribution in [3.8, 4) is 17.2 Å². The molecule has 7 nitrogen and oxygen atoms in total. The Bertz CT molecular complexity index is 1200. The Balaban J connectivity index is 1.79. The first-order valence-corrected chi connectivity index (χ1v) is 11.8. The molecule has 1 aliphatic heterocycles. The van der Waals surface area contributed by atoms with Crippen LogP contribution < -0.4 is 14.2 Å². The fraction of sp³-hybridized carbons (Fsp3) is 0.393. The molecule has 35 heavy (non-hydrogen) atoms. The van der Waals surface area contributed by atoms with Crippen LogP contribution in [0.4, 0.5) is 0 Å². The van der Waals surface area contributed by atoms with Crippen LogP contribution in [0.2, 0.25) is 0 Å². The molecule has 1 unspecified atom stereocenters. The first-order chi connectivity index (χ1) is 16.9. The molecule has 2 aliphatic rings. The second kappa shape index (κ2) is 10.3. The zero-order valence-corrected chi connectivity index (χ0v) is 20.8. The lowest BCUT2D eigenvalue weighted by molar-refractivity contribution is -0.136. The standard InChI is InChI=1S/C28H31NO6/c1-6-35-22-10-8-7-9-19(22)26-25(28(31)34-5)16(2)29-20-13-18(14-21(30)27(20)26)17-11-12-23(32-3)24(15-17)33-4/h7-12,15,18,26-27H,6,13-14H2,1-5H3/t18-,26+,27?/m1/s1. The number of ketones is 1. The van der Waals surface area contributed by atoms with E-state index in [1.54, 1.807) is 21.1 Å². The molecule has 2 aromatic carbocycles. The summed E-state index contributed by atoms with van der Waals surface area (Å²) < 4.78 is 21.8. The fourth-order valence-electron chi connectivity index (χ4n) is 5.25. The van der Waals surface area contributed by atoms with E-state index >= 15 is 0 Å². The number of methoxy groups -OCH3 is 3. The first kappa shape index (κ1) is 24.5. The third-order valence-electron chi connectivity index (χ3n) is 6.79. The number of aliphatic imine (C=N–C) groups is 1. The molecule has 1 heterocycles. The Hall–Kier alpha value is -3.61. The predicted octanol–water partition coefficient (Wildman–Crippen LogP) is 4.85. The molecule has 7 heteroatoms. The summed E-state index contributed by atoms with van der Waals surface area (Å²) in [6.45, 7) is 4.18. The maximum atomic E-state index is 13.8. The summed E-state index contributed by atoms with van der Waals surface area (Å²) >= 11 is 0. The van der Waals surface area contributed by atoms with E-state index < -0.39 is 17.8 Å². The van der Waals surface area contributed by atoms with Gasteiger partial charge in [-0.15, -0.1) is 0 Å². The molecule has 1 saturated carbocycles. The molecule has 3 atom stereocenters. The van der Waals surface area contributed by atoms with E-state index in [-0.39, 0.29) is 11.7 Å². The number of para-hydroxylation sites is 1. The minimum absolute atomic E-state index is 0.0417. The molecular formula is C28H31NO6. The van der Waals surface area contributed by atoms with Gasteiger partial charge in [-0.1, -0.05) is 24.3 Å². The minimum Gasteiger partial charge on any atom is -0.494 e. The molecule has 1 aliphatic carbocycles. The number of carbonyl (C=O) groups is 2. The zero-order valence-electron chi connectivity index (χ0n) is 20.8. The number of allylic oxidation sites excluding steroid dienone is 1. The van der Waals surface area contributed by atoms with Crippen LogP contribution in [-0.4, -0.2) is 45.4 Å². The van der Waals surface area contributed by atoms with E-state index in [2.05, 4.69) is 0 Å². The maximum absolute atomic E-state index is 13.8. The normalized spacial score (nSPS) is 21.7. The van der Waals surface area contributed by atoms with Gasteiger partial charge in [0.05, 0.1) is 39.4 Å². The third-order valence-corrected chi connectivity index (χ3v) is 6.79. The lowest BCUT2D eigenvalue weighted by Gasteiger charge is -2.38. The number of rotatable bonds is 7. The van der Waals surface area contributed by atoms with E-state index in [9.17, 15) is 9.59 Å². The molecule has 0 bridgehead atoms. The van der Waals surface area contributed by atoms with E-state index in [1.807, 2.05) is 49.4 Å². The summed E-state index contributed by atoms with van der Waals surface area (Å²) in [5, 5.41) is 0. The highest BCUT2D eigenvalue weighted by Gasteiger charge is 2.46. The number of fused-ring (bicyclic) bond motifs is 1. The van der Waals surface area contributed by atoms with E-state index in [1.165, 1.54) is 7.11 Å². The summed E-state index contributed by atoms with van der Waals surface area (Å²) in [5.74, 6) is 0.370. The highest BCUT2D eigenvalue weighted by Crippen LogP contribution is 2.48. The third kappa shape index (κ3) is 4.55. The van der Waals surface area contributed by atoms with Gasteiger partial charge in [0.25, 0.3) is 0 Å². The van der Waals surface area contributed by atoms with Gasteiger partial charge in [-0.25, -0.2) is 4.79 Å². The van der Waals surface area contributed by atoms with Gasteiger partial charge in [0.15, 0.2) is 11.5 Å². The molecule has 184 valence electrons. The van der Waals surface area contributed by atoms with Crippen molar-refractivity contribution in [1.82, 2.24) is 0 Å². The quantitative estimate of drug-likeness (QED) is 0.530. The van der Waals surface area contributed by atoms with Gasteiger partial charge in [0.2, 0.25) is 0 Å². The van der Waals surface area contributed by atoms with Gasteiger partial charge in [-0.2, -0.15) is 0 Å². The number of nitrogens with zero attached hydrogens (tertiary/aromatic N) is 1. The predicted molar refractivity (Wildman–Crippen MR) is 133 cm³/mol. The monoisotopic (exact) mass is 477 g/mol. The molecular weight excluding hydrogens is 446 g/mol. The van der Waals surface area contributed by atoms with Crippen molar-refractivity contribution in [2.24, 2.45) is 10.9 Å². The maximum Gasteiger partial charge on any atom is 0.336 e. The SMILES string of the molecule is CCOc1ccccc1[C@H]1C(C(=O)OC)=C(C)N=C2C[C@@H](c3ccc(OC)c(OC)c3)CC(=O)C21. The number of ether oxygens (including phenoxy) is 4. The van der Waals surface area contributed by atoms with Crippen molar-refractivity contribution < 1.29 is 28.5 Å². The molecule has 0 spiro atoms. The van der Waals surface area contributed by atoms with Crippen LogP contribution in [0.15, 0.2) is 58.7 Å². The molecule has 0 N–H and O–H groups in total. The molecule has 4 rings (SSSR count). The number of Topliss-reactive ketones (excluding diaryl/α,β-unsaturated/α-hetero) is 1. The minimum atomic E-state index is -0.550. The zero-order chi connectivity index (χ0) is 25.1. The van der Waals surface area contributed by atoms with Gasteiger partial charge in [0, 0.05) is 29.3 Å². The van der Waals surface area contributed by atoms with Crippen molar-refractivity contribution in [2.45, 2.75) is 38.5 Å². The molecule has 1 fully saturated rings. The fourth-order valence-corrected chi connectivity index (χ4v) is 5.25. The van der Waals surface area contributed by atoms with Crippen molar-refractivity contribution in [2.75, 3.05) is 27.9 Å². The smallest absolute Gasteiger partial charge is 0.336 e. The van der Waals surface area contributed by atoms with Crippen LogP contribution >= 0.6 is 0 Å². The van der Waals surface area contributed by atoms with E-state index in [0.29, 0.717) is 48.0 Å². The first-order valence-electron chi connectivity index (χ1n) is 11.8. The summed E-state index contributed by atoms with van der Waals surface area (Å²) in [4.78, 5) is 31.4. The van der Waals surface area contributed by atoms with Crippen LogP contribution in [0.1, 0.15) is 49.7 Å². The van der Waals surface area contributed by atoms with Gasteiger partial charge in [-0.05, 0) is 49.9 Å². The summed E-state index contributed by atoms with van der Waals surface area (Å²) in [7, 11) is 4.54. The second-order valence-corrected chi connectivity index (χ2v) is 8.71. The number of benzene rings is 2.